The fourth-order valence-electron chi connectivity index (χ4n) is 2.21. The van der Waals surface area contributed by atoms with Crippen molar-refractivity contribution in [3.8, 4) is 22.8 Å². The van der Waals surface area contributed by atoms with E-state index < -0.39 is 0 Å². The van der Waals surface area contributed by atoms with Gasteiger partial charge in [0.15, 0.2) is 0 Å². The van der Waals surface area contributed by atoms with Crippen LogP contribution >= 0.6 is 23.2 Å². The van der Waals surface area contributed by atoms with Crippen molar-refractivity contribution < 1.29 is 4.52 Å². The Morgan fingerprint density at radius 3 is 2.56 bits per heavy atom. The molecule has 0 saturated carbocycles. The van der Waals surface area contributed by atoms with E-state index in [1.54, 1.807) is 24.3 Å². The molecule has 0 saturated heterocycles. The second kappa shape index (κ2) is 6.62. The summed E-state index contributed by atoms with van der Waals surface area (Å²) in [5.41, 5.74) is 1.59. The van der Waals surface area contributed by atoms with E-state index in [0.29, 0.717) is 27.6 Å². The molecule has 4 rings (SSSR count). The molecule has 2 aromatic carbocycles. The molecule has 0 spiro atoms. The average molecular weight is 373 g/mol. The third-order valence-corrected chi connectivity index (χ3v) is 3.87. The number of hydrogen-bond donors (Lipinski definition) is 0. The molecule has 0 fully saturated rings. The van der Waals surface area contributed by atoms with Gasteiger partial charge in [0.1, 0.15) is 6.54 Å². The van der Waals surface area contributed by atoms with Gasteiger partial charge in [-0.2, -0.15) is 9.78 Å². The highest BCUT2D eigenvalue weighted by Crippen LogP contribution is 2.20. The highest BCUT2D eigenvalue weighted by molar-refractivity contribution is 6.31. The maximum Gasteiger partial charge on any atom is 0.250 e. The molecule has 25 heavy (non-hydrogen) atoms. The molecule has 0 bridgehead atoms. The van der Waals surface area contributed by atoms with Crippen molar-refractivity contribution in [3.63, 3.8) is 0 Å². The van der Waals surface area contributed by atoms with Crippen LogP contribution in [0.1, 0.15) is 5.89 Å². The molecule has 9 heteroatoms. The predicted molar refractivity (Wildman–Crippen MR) is 92.1 cm³/mol. The first-order valence-corrected chi connectivity index (χ1v) is 8.05. The molecule has 0 unspecified atom stereocenters. The van der Waals surface area contributed by atoms with Gasteiger partial charge in [-0.15, -0.1) is 10.2 Å². The molecule has 2 heterocycles. The lowest BCUT2D eigenvalue weighted by molar-refractivity contribution is 0.356. The Bertz CT molecular complexity index is 1010. The van der Waals surface area contributed by atoms with Crippen LogP contribution in [-0.4, -0.2) is 30.3 Å². The maximum absolute atomic E-state index is 5.98. The number of nitrogens with zero attached hydrogens (tertiary/aromatic N) is 6. The van der Waals surface area contributed by atoms with Crippen molar-refractivity contribution >= 4 is 23.2 Å². The SMILES string of the molecule is Clc1ccc(-c2noc(Cn3nnc(-c4cccc(Cl)c4)n3)n2)cc1. The Kier molecular flexibility index (Phi) is 4.17. The smallest absolute Gasteiger partial charge is 0.250 e. The van der Waals surface area contributed by atoms with Crippen LogP contribution in [0.4, 0.5) is 0 Å². The Hall–Kier alpha value is -2.77. The topological polar surface area (TPSA) is 82.5 Å². The van der Waals surface area contributed by atoms with Crippen LogP contribution in [0.15, 0.2) is 53.1 Å². The highest BCUT2D eigenvalue weighted by atomic mass is 35.5. The van der Waals surface area contributed by atoms with Crippen molar-refractivity contribution in [3.05, 3.63) is 64.5 Å². The third-order valence-electron chi connectivity index (χ3n) is 3.38. The molecule has 0 aliphatic heterocycles. The summed E-state index contributed by atoms with van der Waals surface area (Å²) in [6.07, 6.45) is 0. The lowest BCUT2D eigenvalue weighted by Gasteiger charge is -1.95. The van der Waals surface area contributed by atoms with Crippen LogP contribution < -0.4 is 0 Å². The van der Waals surface area contributed by atoms with Gasteiger partial charge >= 0.3 is 0 Å². The summed E-state index contributed by atoms with van der Waals surface area (Å²) in [4.78, 5) is 5.72. The van der Waals surface area contributed by atoms with Crippen molar-refractivity contribution in [1.82, 2.24) is 30.3 Å². The number of halogens is 2. The summed E-state index contributed by atoms with van der Waals surface area (Å²) in [5.74, 6) is 1.32. The molecule has 0 N–H and O–H groups in total. The fraction of sp³-hybridized carbons (Fsp3) is 0.0625. The van der Waals surface area contributed by atoms with Gasteiger partial charge in [0.05, 0.1) is 0 Å². The first-order valence-electron chi connectivity index (χ1n) is 7.30. The Morgan fingerprint density at radius 2 is 1.76 bits per heavy atom. The minimum absolute atomic E-state index is 0.216. The van der Waals surface area contributed by atoms with Crippen LogP contribution in [0.3, 0.4) is 0 Å². The molecule has 124 valence electrons. The minimum Gasteiger partial charge on any atom is -0.337 e. The summed E-state index contributed by atoms with van der Waals surface area (Å²) in [6.45, 7) is 0.216. The summed E-state index contributed by atoms with van der Waals surface area (Å²) < 4.78 is 5.24. The van der Waals surface area contributed by atoms with E-state index in [2.05, 4.69) is 25.6 Å². The Balaban J connectivity index is 1.52. The number of rotatable bonds is 4. The van der Waals surface area contributed by atoms with E-state index in [1.165, 1.54) is 4.80 Å². The Morgan fingerprint density at radius 1 is 0.920 bits per heavy atom. The van der Waals surface area contributed by atoms with Gasteiger partial charge in [0.2, 0.25) is 11.6 Å². The molecule has 0 atom stereocenters. The number of benzene rings is 2. The van der Waals surface area contributed by atoms with Gasteiger partial charge in [0.25, 0.3) is 5.89 Å². The Labute approximate surface area is 152 Å². The van der Waals surface area contributed by atoms with E-state index in [9.17, 15) is 0 Å². The van der Waals surface area contributed by atoms with Gasteiger partial charge in [-0.05, 0) is 41.6 Å². The molecule has 0 aliphatic carbocycles. The van der Waals surface area contributed by atoms with Gasteiger partial charge in [-0.3, -0.25) is 0 Å². The lowest BCUT2D eigenvalue weighted by Crippen LogP contribution is -2.04. The first kappa shape index (κ1) is 15.7. The summed E-state index contributed by atoms with van der Waals surface area (Å²) in [6, 6.07) is 14.4. The monoisotopic (exact) mass is 372 g/mol. The van der Waals surface area contributed by atoms with E-state index in [0.717, 1.165) is 11.1 Å². The summed E-state index contributed by atoms with van der Waals surface area (Å²) in [5, 5.41) is 17.5. The zero-order valence-electron chi connectivity index (χ0n) is 12.7. The number of aromatic nitrogens is 6. The third kappa shape index (κ3) is 3.52. The van der Waals surface area contributed by atoms with Crippen LogP contribution in [-0.2, 0) is 6.54 Å². The van der Waals surface area contributed by atoms with Gasteiger partial charge < -0.3 is 4.52 Å². The first-order chi connectivity index (χ1) is 12.2. The van der Waals surface area contributed by atoms with E-state index in [4.69, 9.17) is 27.7 Å². The van der Waals surface area contributed by atoms with E-state index in [-0.39, 0.29) is 6.54 Å². The average Bonchev–Trinajstić information content (AvgIpc) is 3.26. The second-order valence-corrected chi connectivity index (χ2v) is 6.05. The maximum atomic E-state index is 5.98. The van der Waals surface area contributed by atoms with Crippen LogP contribution in [0.25, 0.3) is 22.8 Å². The van der Waals surface area contributed by atoms with Crippen LogP contribution in [0, 0.1) is 0 Å². The molecule has 4 aromatic rings. The predicted octanol–water partition coefficient (Wildman–Crippen LogP) is 3.75. The standard InChI is InChI=1S/C16H10Cl2N6O/c17-12-6-4-10(5-7-12)15-19-14(25-22-15)9-24-21-16(20-23-24)11-2-1-3-13(18)8-11/h1-8H,9H2. The molecule has 7 nitrogen and oxygen atoms in total. The van der Waals surface area contributed by atoms with Crippen LogP contribution in [0.2, 0.25) is 10.0 Å². The molecule has 0 aliphatic rings. The molecule has 2 aromatic heterocycles. The minimum atomic E-state index is 0.216. The van der Waals surface area contributed by atoms with E-state index >= 15 is 0 Å². The van der Waals surface area contributed by atoms with Gasteiger partial charge in [-0.1, -0.05) is 40.5 Å². The van der Waals surface area contributed by atoms with Crippen molar-refractivity contribution in [2.45, 2.75) is 6.54 Å². The quantitative estimate of drug-likeness (QED) is 0.542. The molecular formula is C16H10Cl2N6O. The molecule has 0 amide bonds. The summed E-state index contributed by atoms with van der Waals surface area (Å²) in [7, 11) is 0. The van der Waals surface area contributed by atoms with Crippen LogP contribution in [0.5, 0.6) is 0 Å². The number of hydrogen-bond acceptors (Lipinski definition) is 6. The zero-order chi connectivity index (χ0) is 17.2. The summed E-state index contributed by atoms with van der Waals surface area (Å²) >= 11 is 11.9. The molecule has 0 radical (unpaired) electrons. The van der Waals surface area contributed by atoms with Crippen molar-refractivity contribution in [2.75, 3.05) is 0 Å². The molecular weight excluding hydrogens is 363 g/mol. The number of tetrazole rings is 1. The van der Waals surface area contributed by atoms with Gasteiger partial charge in [-0.25, -0.2) is 0 Å². The van der Waals surface area contributed by atoms with Gasteiger partial charge in [0, 0.05) is 21.2 Å². The zero-order valence-corrected chi connectivity index (χ0v) is 14.2. The fourth-order valence-corrected chi connectivity index (χ4v) is 2.53. The largest absolute Gasteiger partial charge is 0.337 e. The highest BCUT2D eigenvalue weighted by Gasteiger charge is 2.12. The normalized spacial score (nSPS) is 11.0. The van der Waals surface area contributed by atoms with Crippen molar-refractivity contribution in [1.29, 1.82) is 0 Å². The second-order valence-electron chi connectivity index (χ2n) is 5.17. The van der Waals surface area contributed by atoms with E-state index in [1.807, 2.05) is 24.3 Å². The lowest BCUT2D eigenvalue weighted by atomic mass is 10.2. The van der Waals surface area contributed by atoms with Crippen molar-refractivity contribution in [2.24, 2.45) is 0 Å².